The molecule has 0 heterocycles. The minimum Gasteiger partial charge on any atom is -0.479 e. The Kier molecular flexibility index (Phi) is 13.9. The summed E-state index contributed by atoms with van der Waals surface area (Å²) in [5, 5.41) is 27.4. The number of carbonyl (C=O) groups excluding carboxylic acids is 2. The molecule has 0 radical (unpaired) electrons. The summed E-state index contributed by atoms with van der Waals surface area (Å²) in [5.74, 6) is -1.94. The Hall–Kier alpha value is -1.36. The second-order valence-electron chi connectivity index (χ2n) is 7.89. The lowest BCUT2D eigenvalue weighted by Gasteiger charge is -2.30. The van der Waals surface area contributed by atoms with Crippen LogP contribution in [0.4, 0.5) is 0 Å². The van der Waals surface area contributed by atoms with Gasteiger partial charge in [-0.15, -0.1) is 0 Å². The maximum Gasteiger partial charge on any atom is 0.334 e. The van der Waals surface area contributed by atoms with E-state index >= 15 is 0 Å². The molecule has 0 aliphatic rings. The first kappa shape index (κ1) is 28.6. The van der Waals surface area contributed by atoms with Crippen LogP contribution in [0.15, 0.2) is 0 Å². The van der Waals surface area contributed by atoms with Crippen LogP contribution in [0.5, 0.6) is 0 Å². The molecule has 0 aliphatic carbocycles. The van der Waals surface area contributed by atoms with Crippen LogP contribution in [0.1, 0.15) is 53.9 Å². The number of carboxylic acids is 1. The minimum absolute atomic E-state index is 0.00924. The summed E-state index contributed by atoms with van der Waals surface area (Å²) >= 11 is 4.16. The lowest BCUT2D eigenvalue weighted by atomic mass is 9.94. The molecule has 0 aliphatic heterocycles. The standard InChI is InChI=1S/C20H40N4O5S/c1-6-11(4)15(22-9-13(21)10-30)18(26)24-16(12(5)7-2)19(27)23-14(8-3)17(25)20(28)29/h11-17,22,25,30H,6-10,21H2,1-5H3,(H,23,27)(H,24,26)(H,28,29)/t11-,12-,13+,14-,15-,16-,17?/m0/s1. The molecule has 0 bridgehead atoms. The first-order valence-corrected chi connectivity index (χ1v) is 11.3. The Morgan fingerprint density at radius 1 is 0.933 bits per heavy atom. The zero-order valence-corrected chi connectivity index (χ0v) is 19.6. The SMILES string of the molecule is CC[C@H](NC(=O)[C@@H](NC(=O)[C@@H](NC[C@@H](N)CS)[C@@H](C)CC)[C@@H](C)CC)C(O)C(=O)O. The molecule has 9 nitrogen and oxygen atoms in total. The van der Waals surface area contributed by atoms with Gasteiger partial charge in [-0.25, -0.2) is 4.79 Å². The van der Waals surface area contributed by atoms with E-state index in [1.165, 1.54) is 0 Å². The third-order valence-corrected chi connectivity index (χ3v) is 5.99. The van der Waals surface area contributed by atoms with Gasteiger partial charge in [0.1, 0.15) is 6.04 Å². The van der Waals surface area contributed by atoms with Crippen molar-refractivity contribution in [1.82, 2.24) is 16.0 Å². The van der Waals surface area contributed by atoms with Gasteiger partial charge in [0, 0.05) is 18.3 Å². The topological polar surface area (TPSA) is 154 Å². The number of rotatable bonds is 15. The molecule has 0 fully saturated rings. The van der Waals surface area contributed by atoms with Crippen LogP contribution < -0.4 is 21.7 Å². The van der Waals surface area contributed by atoms with Crippen molar-refractivity contribution < 1.29 is 24.6 Å². The van der Waals surface area contributed by atoms with E-state index in [0.717, 1.165) is 6.42 Å². The molecule has 1 unspecified atom stereocenters. The Bertz CT molecular complexity index is 551. The number of thiol groups is 1. The van der Waals surface area contributed by atoms with Gasteiger partial charge in [-0.3, -0.25) is 9.59 Å². The predicted molar refractivity (Wildman–Crippen MR) is 120 cm³/mol. The third kappa shape index (κ3) is 9.20. The summed E-state index contributed by atoms with van der Waals surface area (Å²) < 4.78 is 0. The summed E-state index contributed by atoms with van der Waals surface area (Å²) in [5.41, 5.74) is 5.90. The van der Waals surface area contributed by atoms with Crippen LogP contribution >= 0.6 is 12.6 Å². The molecular formula is C20H40N4O5S. The summed E-state index contributed by atoms with van der Waals surface area (Å²) in [7, 11) is 0. The number of hydrogen-bond donors (Lipinski definition) is 7. The molecule has 0 rings (SSSR count). The van der Waals surface area contributed by atoms with Crippen molar-refractivity contribution in [2.45, 2.75) is 84.2 Å². The number of nitrogens with one attached hydrogen (secondary N) is 3. The normalized spacial score (nSPS) is 18.4. The number of hydrogen-bond acceptors (Lipinski definition) is 7. The van der Waals surface area contributed by atoms with E-state index in [2.05, 4.69) is 28.6 Å². The zero-order valence-electron chi connectivity index (χ0n) is 18.7. The molecule has 176 valence electrons. The number of nitrogens with two attached hydrogens (primary N) is 1. The number of amides is 2. The molecule has 0 aromatic carbocycles. The average molecular weight is 449 g/mol. The highest BCUT2D eigenvalue weighted by atomic mass is 32.1. The number of carbonyl (C=O) groups is 3. The van der Waals surface area contributed by atoms with Gasteiger partial charge < -0.3 is 31.9 Å². The van der Waals surface area contributed by atoms with Gasteiger partial charge in [0.25, 0.3) is 0 Å². The van der Waals surface area contributed by atoms with E-state index in [-0.39, 0.29) is 30.2 Å². The fraction of sp³-hybridized carbons (Fsp3) is 0.850. The third-order valence-electron chi connectivity index (χ3n) is 5.52. The summed E-state index contributed by atoms with van der Waals surface area (Å²) in [4.78, 5) is 37.0. The van der Waals surface area contributed by atoms with Gasteiger partial charge in [-0.05, 0) is 18.3 Å². The molecule has 0 aromatic heterocycles. The van der Waals surface area contributed by atoms with Gasteiger partial charge in [0.05, 0.1) is 12.1 Å². The van der Waals surface area contributed by atoms with E-state index in [0.29, 0.717) is 18.7 Å². The van der Waals surface area contributed by atoms with Crippen LogP contribution in [-0.2, 0) is 14.4 Å². The largest absolute Gasteiger partial charge is 0.479 e. The molecule has 10 heteroatoms. The van der Waals surface area contributed by atoms with Crippen LogP contribution in [0.25, 0.3) is 0 Å². The maximum atomic E-state index is 13.0. The predicted octanol–water partition coefficient (Wildman–Crippen LogP) is 0.119. The molecule has 0 saturated heterocycles. The number of aliphatic carboxylic acids is 1. The second kappa shape index (κ2) is 14.6. The lowest BCUT2D eigenvalue weighted by molar-refractivity contribution is -0.149. The zero-order chi connectivity index (χ0) is 23.4. The maximum absolute atomic E-state index is 13.0. The molecule has 30 heavy (non-hydrogen) atoms. The lowest BCUT2D eigenvalue weighted by Crippen LogP contribution is -2.59. The minimum atomic E-state index is -1.72. The number of aliphatic hydroxyl groups excluding tert-OH is 1. The molecule has 0 saturated carbocycles. The highest BCUT2D eigenvalue weighted by Crippen LogP contribution is 2.13. The van der Waals surface area contributed by atoms with Gasteiger partial charge in [-0.1, -0.05) is 47.5 Å². The molecule has 2 amide bonds. The van der Waals surface area contributed by atoms with Crippen molar-refractivity contribution in [3.8, 4) is 0 Å². The van der Waals surface area contributed by atoms with Gasteiger partial charge in [0.2, 0.25) is 11.8 Å². The Balaban J connectivity index is 5.42. The van der Waals surface area contributed by atoms with Crippen molar-refractivity contribution in [3.05, 3.63) is 0 Å². The molecule has 0 spiro atoms. The van der Waals surface area contributed by atoms with Crippen molar-refractivity contribution in [1.29, 1.82) is 0 Å². The van der Waals surface area contributed by atoms with Gasteiger partial charge >= 0.3 is 5.97 Å². The monoisotopic (exact) mass is 448 g/mol. The molecule has 7 atom stereocenters. The smallest absolute Gasteiger partial charge is 0.334 e. The Labute approximate surface area is 185 Å². The van der Waals surface area contributed by atoms with Crippen molar-refractivity contribution in [3.63, 3.8) is 0 Å². The van der Waals surface area contributed by atoms with Crippen molar-refractivity contribution >= 4 is 30.4 Å². The quantitative estimate of drug-likeness (QED) is 0.176. The van der Waals surface area contributed by atoms with Crippen LogP contribution in [-0.4, -0.2) is 70.6 Å². The molecular weight excluding hydrogens is 408 g/mol. The molecule has 7 N–H and O–H groups in total. The molecule has 0 aromatic rings. The Morgan fingerprint density at radius 3 is 1.87 bits per heavy atom. The highest BCUT2D eigenvalue weighted by Gasteiger charge is 2.33. The van der Waals surface area contributed by atoms with Crippen LogP contribution in [0.2, 0.25) is 0 Å². The second-order valence-corrected chi connectivity index (χ2v) is 8.26. The summed E-state index contributed by atoms with van der Waals surface area (Å²) in [6, 6.07) is -2.55. The summed E-state index contributed by atoms with van der Waals surface area (Å²) in [6.07, 6.45) is -0.101. The van der Waals surface area contributed by atoms with Crippen molar-refractivity contribution in [2.24, 2.45) is 17.6 Å². The van der Waals surface area contributed by atoms with E-state index in [1.807, 2.05) is 27.7 Å². The van der Waals surface area contributed by atoms with E-state index in [1.54, 1.807) is 6.92 Å². The van der Waals surface area contributed by atoms with E-state index < -0.39 is 36.1 Å². The summed E-state index contributed by atoms with van der Waals surface area (Å²) in [6.45, 7) is 9.73. The number of carboxylic acid groups (broad SMARTS) is 1. The van der Waals surface area contributed by atoms with Gasteiger partial charge in [0.15, 0.2) is 6.10 Å². The first-order valence-electron chi connectivity index (χ1n) is 10.6. The fourth-order valence-electron chi connectivity index (χ4n) is 2.92. The Morgan fingerprint density at radius 2 is 1.43 bits per heavy atom. The van der Waals surface area contributed by atoms with Gasteiger partial charge in [-0.2, -0.15) is 12.6 Å². The number of aliphatic hydroxyl groups is 1. The van der Waals surface area contributed by atoms with Crippen LogP contribution in [0.3, 0.4) is 0 Å². The van der Waals surface area contributed by atoms with Crippen LogP contribution in [0, 0.1) is 11.8 Å². The fourth-order valence-corrected chi connectivity index (χ4v) is 3.05. The first-order chi connectivity index (χ1) is 14.0. The average Bonchev–Trinajstić information content (AvgIpc) is 2.73. The van der Waals surface area contributed by atoms with E-state index in [9.17, 15) is 19.5 Å². The highest BCUT2D eigenvalue weighted by molar-refractivity contribution is 7.80. The van der Waals surface area contributed by atoms with E-state index in [4.69, 9.17) is 10.8 Å². The van der Waals surface area contributed by atoms with Crippen molar-refractivity contribution in [2.75, 3.05) is 12.3 Å².